The fourth-order valence-corrected chi connectivity index (χ4v) is 2.43. The van der Waals surface area contributed by atoms with Gasteiger partial charge in [-0.2, -0.15) is 5.06 Å². The Morgan fingerprint density at radius 3 is 2.40 bits per heavy atom. The van der Waals surface area contributed by atoms with E-state index >= 15 is 0 Å². The highest BCUT2D eigenvalue weighted by Crippen LogP contribution is 2.15. The van der Waals surface area contributed by atoms with Gasteiger partial charge in [-0.15, -0.1) is 0 Å². The number of benzene rings is 1. The van der Waals surface area contributed by atoms with Gasteiger partial charge < -0.3 is 4.48 Å². The Hall–Kier alpha value is -1.43. The van der Waals surface area contributed by atoms with E-state index in [4.69, 9.17) is 0 Å². The molecule has 1 aromatic rings. The van der Waals surface area contributed by atoms with Crippen LogP contribution in [0.15, 0.2) is 24.3 Å². The van der Waals surface area contributed by atoms with Crippen LogP contribution in [0, 0.1) is 6.92 Å². The Kier molecular flexibility index (Phi) is 4.42. The Morgan fingerprint density at radius 1 is 1.30 bits per heavy atom. The number of rotatable bonds is 3. The van der Waals surface area contributed by atoms with Crippen LogP contribution in [0.2, 0.25) is 0 Å². The van der Waals surface area contributed by atoms with E-state index < -0.39 is 0 Å². The number of carbonyl (C=O) groups excluding carboxylic acids is 1. The first-order valence-electron chi connectivity index (χ1n) is 7.00. The summed E-state index contributed by atoms with van der Waals surface area (Å²) in [4.78, 5) is 14.5. The summed E-state index contributed by atoms with van der Waals surface area (Å²) in [5.74, 6) is -0.249. The van der Waals surface area contributed by atoms with Crippen LogP contribution in [0.25, 0.3) is 0 Å². The van der Waals surface area contributed by atoms with E-state index in [1.54, 1.807) is 12.1 Å². The van der Waals surface area contributed by atoms with Gasteiger partial charge in [-0.05, 0) is 26.1 Å². The summed E-state index contributed by atoms with van der Waals surface area (Å²) in [5, 5.41) is 10.8. The number of quaternary nitrogens is 1. The molecule has 5 nitrogen and oxygen atoms in total. The molecule has 0 bridgehead atoms. The normalized spacial score (nSPS) is 18.8. The van der Waals surface area contributed by atoms with E-state index in [1.165, 1.54) is 0 Å². The zero-order valence-corrected chi connectivity index (χ0v) is 12.5. The lowest BCUT2D eigenvalue weighted by Crippen LogP contribution is -2.59. The van der Waals surface area contributed by atoms with Crippen LogP contribution in [-0.2, 0) is 4.79 Å². The summed E-state index contributed by atoms with van der Waals surface area (Å²) < 4.78 is 0.687. The third-order valence-electron chi connectivity index (χ3n) is 4.07. The number of piperazine rings is 1. The van der Waals surface area contributed by atoms with Gasteiger partial charge in [0, 0.05) is 13.1 Å². The average molecular weight is 278 g/mol. The van der Waals surface area contributed by atoms with Gasteiger partial charge in [0.2, 0.25) is 0 Å². The van der Waals surface area contributed by atoms with Gasteiger partial charge in [0.25, 0.3) is 0 Å². The van der Waals surface area contributed by atoms with Crippen LogP contribution in [0.3, 0.4) is 0 Å². The minimum absolute atomic E-state index is 0.249. The first-order valence-corrected chi connectivity index (χ1v) is 7.00. The predicted octanol–water partition coefficient (Wildman–Crippen LogP) is 1.11. The third kappa shape index (κ3) is 3.56. The van der Waals surface area contributed by atoms with Gasteiger partial charge in [0.05, 0.1) is 25.8 Å². The number of aryl methyl sites for hydroxylation is 1. The van der Waals surface area contributed by atoms with E-state index in [-0.39, 0.29) is 5.91 Å². The number of nitrogens with zero attached hydrogens (tertiary/aromatic N) is 3. The van der Waals surface area contributed by atoms with Crippen molar-refractivity contribution >= 4 is 11.6 Å². The van der Waals surface area contributed by atoms with Gasteiger partial charge >= 0.3 is 5.91 Å². The molecule has 0 radical (unpaired) electrons. The monoisotopic (exact) mass is 278 g/mol. The number of carbonyl (C=O) groups is 1. The molecule has 110 valence electrons. The minimum atomic E-state index is -0.249. The zero-order chi connectivity index (χ0) is 14.8. The molecule has 1 aliphatic heterocycles. The number of likely N-dealkylation sites (N-methyl/N-ethyl adjacent to an activating group) is 2. The first kappa shape index (κ1) is 15.0. The molecule has 2 rings (SSSR count). The summed E-state index contributed by atoms with van der Waals surface area (Å²) in [6, 6.07) is 7.30. The molecule has 1 fully saturated rings. The molecule has 0 aliphatic carbocycles. The van der Waals surface area contributed by atoms with Crippen LogP contribution in [0.5, 0.6) is 0 Å². The second-order valence-electron chi connectivity index (χ2n) is 6.07. The molecule has 0 aromatic heterocycles. The highest BCUT2D eigenvalue weighted by atomic mass is 16.5. The SMILES string of the molecule is Cc1ccc(N(O)C(=O)C[N+]2(C)CCN(C)CC2)cc1. The highest BCUT2D eigenvalue weighted by Gasteiger charge is 2.31. The quantitative estimate of drug-likeness (QED) is 0.512. The zero-order valence-electron chi connectivity index (χ0n) is 12.5. The molecule has 1 saturated heterocycles. The number of hydrogen-bond acceptors (Lipinski definition) is 3. The number of hydroxylamine groups is 1. The summed E-state index contributed by atoms with van der Waals surface area (Å²) in [6.45, 7) is 6.15. The van der Waals surface area contributed by atoms with Crippen LogP contribution in [0.4, 0.5) is 5.69 Å². The molecule has 5 heteroatoms. The predicted molar refractivity (Wildman–Crippen MR) is 78.7 cm³/mol. The van der Waals surface area contributed by atoms with Crippen molar-refractivity contribution in [1.82, 2.24) is 4.90 Å². The standard InChI is InChI=1S/C15H24N3O2/c1-13-4-6-14(7-5-13)17(20)15(19)12-18(3)10-8-16(2)9-11-18/h4-7,20H,8-12H2,1-3H3/q+1. The van der Waals surface area contributed by atoms with Crippen molar-refractivity contribution in [2.75, 3.05) is 51.9 Å². The van der Waals surface area contributed by atoms with E-state index in [0.29, 0.717) is 16.7 Å². The molecule has 0 unspecified atom stereocenters. The summed E-state index contributed by atoms with van der Waals surface area (Å²) in [7, 11) is 4.17. The van der Waals surface area contributed by atoms with Gasteiger partial charge in [0.15, 0.2) is 6.54 Å². The fourth-order valence-electron chi connectivity index (χ4n) is 2.43. The fraction of sp³-hybridized carbons (Fsp3) is 0.533. The van der Waals surface area contributed by atoms with Gasteiger partial charge in [-0.3, -0.25) is 14.9 Å². The Morgan fingerprint density at radius 2 is 1.85 bits per heavy atom. The van der Waals surface area contributed by atoms with Crippen molar-refractivity contribution in [1.29, 1.82) is 0 Å². The average Bonchev–Trinajstić information content (AvgIpc) is 2.42. The molecule has 0 saturated carbocycles. The molecular weight excluding hydrogens is 254 g/mol. The molecule has 20 heavy (non-hydrogen) atoms. The molecular formula is C15H24N3O2+. The Bertz CT molecular complexity index is 465. The van der Waals surface area contributed by atoms with Crippen LogP contribution >= 0.6 is 0 Å². The van der Waals surface area contributed by atoms with Crippen molar-refractivity contribution in [2.24, 2.45) is 0 Å². The topological polar surface area (TPSA) is 43.8 Å². The summed E-state index contributed by atoms with van der Waals surface area (Å²) in [6.07, 6.45) is 0. The van der Waals surface area contributed by atoms with Crippen molar-refractivity contribution in [3.63, 3.8) is 0 Å². The van der Waals surface area contributed by atoms with Crippen LogP contribution in [-0.4, -0.2) is 67.3 Å². The smallest absolute Gasteiger partial charge is 0.305 e. The molecule has 1 heterocycles. The lowest BCUT2D eigenvalue weighted by Gasteiger charge is -2.40. The molecule has 1 amide bonds. The van der Waals surface area contributed by atoms with Gasteiger partial charge in [-0.25, -0.2) is 0 Å². The third-order valence-corrected chi connectivity index (χ3v) is 4.07. The molecule has 1 N–H and O–H groups in total. The highest BCUT2D eigenvalue weighted by molar-refractivity contribution is 5.91. The summed E-state index contributed by atoms with van der Waals surface area (Å²) >= 11 is 0. The van der Waals surface area contributed by atoms with Crippen molar-refractivity contribution in [3.05, 3.63) is 29.8 Å². The Balaban J connectivity index is 1.99. The largest absolute Gasteiger partial charge is 0.316 e. The second kappa shape index (κ2) is 5.91. The minimum Gasteiger partial charge on any atom is -0.316 e. The van der Waals surface area contributed by atoms with Crippen LogP contribution < -0.4 is 5.06 Å². The van der Waals surface area contributed by atoms with E-state index in [2.05, 4.69) is 19.0 Å². The first-order chi connectivity index (χ1) is 9.39. The van der Waals surface area contributed by atoms with E-state index in [1.807, 2.05) is 19.1 Å². The number of anilines is 1. The van der Waals surface area contributed by atoms with E-state index in [9.17, 15) is 10.0 Å². The maximum absolute atomic E-state index is 12.2. The number of hydrogen-bond donors (Lipinski definition) is 1. The Labute approximate surface area is 120 Å². The molecule has 1 aromatic carbocycles. The maximum Gasteiger partial charge on any atom is 0.305 e. The van der Waals surface area contributed by atoms with Crippen molar-refractivity contribution in [2.45, 2.75) is 6.92 Å². The second-order valence-corrected chi connectivity index (χ2v) is 6.07. The van der Waals surface area contributed by atoms with Crippen LogP contribution in [0.1, 0.15) is 5.56 Å². The van der Waals surface area contributed by atoms with Gasteiger partial charge in [0.1, 0.15) is 0 Å². The summed E-state index contributed by atoms with van der Waals surface area (Å²) in [5.41, 5.74) is 1.63. The van der Waals surface area contributed by atoms with Crippen molar-refractivity contribution in [3.8, 4) is 0 Å². The number of amides is 1. The lowest BCUT2D eigenvalue weighted by atomic mass is 10.2. The van der Waals surface area contributed by atoms with Crippen molar-refractivity contribution < 1.29 is 14.5 Å². The van der Waals surface area contributed by atoms with E-state index in [0.717, 1.165) is 36.8 Å². The molecule has 0 spiro atoms. The van der Waals surface area contributed by atoms with Gasteiger partial charge in [-0.1, -0.05) is 17.7 Å². The molecule has 0 atom stereocenters. The molecule has 1 aliphatic rings. The maximum atomic E-state index is 12.2. The lowest BCUT2D eigenvalue weighted by molar-refractivity contribution is -0.906.